The number of sulfonamides is 1. The number of primary sulfonamides is 1. The summed E-state index contributed by atoms with van der Waals surface area (Å²) in [6.45, 7) is 2.87. The van der Waals surface area contributed by atoms with Gasteiger partial charge >= 0.3 is 0 Å². The first-order valence-electron chi connectivity index (χ1n) is 7.16. The second-order valence-electron chi connectivity index (χ2n) is 6.03. The molecule has 8 heteroatoms. The van der Waals surface area contributed by atoms with Crippen LogP contribution in [0.4, 0.5) is 0 Å². The van der Waals surface area contributed by atoms with Crippen LogP contribution in [-0.4, -0.2) is 50.7 Å². The zero-order valence-electron chi connectivity index (χ0n) is 11.9. The van der Waals surface area contributed by atoms with Crippen molar-refractivity contribution in [1.29, 1.82) is 0 Å². The summed E-state index contributed by atoms with van der Waals surface area (Å²) in [6.07, 6.45) is 2.67. The molecule has 3 aliphatic rings. The van der Waals surface area contributed by atoms with Crippen molar-refractivity contribution in [2.45, 2.75) is 30.9 Å². The summed E-state index contributed by atoms with van der Waals surface area (Å²) in [6, 6.07) is 0. The predicted molar refractivity (Wildman–Crippen MR) is 82.6 cm³/mol. The third kappa shape index (κ3) is 3.41. The molecule has 6 nitrogen and oxygen atoms in total. The van der Waals surface area contributed by atoms with Crippen LogP contribution in [0, 0.1) is 5.92 Å². The number of carbonyl (C=O) groups excluding carboxylic acids is 1. The van der Waals surface area contributed by atoms with Gasteiger partial charge in [0, 0.05) is 32.1 Å². The van der Waals surface area contributed by atoms with Crippen molar-refractivity contribution < 1.29 is 13.2 Å². The van der Waals surface area contributed by atoms with Crippen molar-refractivity contribution in [2.75, 3.05) is 26.2 Å². The highest BCUT2D eigenvalue weighted by Crippen LogP contribution is 2.35. The Morgan fingerprint density at radius 3 is 2.14 bits per heavy atom. The highest BCUT2D eigenvalue weighted by molar-refractivity contribution is 7.89. The number of carbonyl (C=O) groups is 1. The van der Waals surface area contributed by atoms with Crippen LogP contribution in [0.3, 0.4) is 0 Å². The Morgan fingerprint density at radius 1 is 1.14 bits per heavy atom. The van der Waals surface area contributed by atoms with Gasteiger partial charge in [0.1, 0.15) is 0 Å². The first kappa shape index (κ1) is 16.7. The number of piperidine rings is 1. The molecule has 0 aromatic heterocycles. The molecule has 0 aromatic carbocycles. The molecule has 0 bridgehead atoms. The maximum atomic E-state index is 12.5. The van der Waals surface area contributed by atoms with Gasteiger partial charge in [0.2, 0.25) is 15.9 Å². The number of hydrogen-bond donors (Lipinski definition) is 2. The maximum absolute atomic E-state index is 12.5. The van der Waals surface area contributed by atoms with E-state index in [1.165, 1.54) is 11.1 Å². The molecule has 2 heterocycles. The fraction of sp³-hybridized carbons (Fsp3) is 0.769. The zero-order valence-corrected chi connectivity index (χ0v) is 13.5. The topological polar surface area (TPSA) is 92.5 Å². The Balaban J connectivity index is 0.00000161. The molecule has 120 valence electrons. The molecule has 1 saturated heterocycles. The molecule has 1 amide bonds. The van der Waals surface area contributed by atoms with E-state index in [0.717, 1.165) is 25.9 Å². The number of nitrogens with one attached hydrogen (secondary N) is 1. The van der Waals surface area contributed by atoms with Crippen molar-refractivity contribution in [3.05, 3.63) is 11.1 Å². The Kier molecular flexibility index (Phi) is 4.97. The van der Waals surface area contributed by atoms with Crippen molar-refractivity contribution >= 4 is 28.3 Å². The third-order valence-electron chi connectivity index (χ3n) is 4.73. The zero-order chi connectivity index (χ0) is 14.3. The lowest BCUT2D eigenvalue weighted by Crippen LogP contribution is -2.46. The molecule has 1 aliphatic carbocycles. The van der Waals surface area contributed by atoms with E-state index in [-0.39, 0.29) is 24.2 Å². The molecule has 3 N–H and O–H groups in total. The summed E-state index contributed by atoms with van der Waals surface area (Å²) in [4.78, 5) is 14.3. The van der Waals surface area contributed by atoms with E-state index in [4.69, 9.17) is 5.14 Å². The van der Waals surface area contributed by atoms with Crippen LogP contribution in [0.1, 0.15) is 25.7 Å². The predicted octanol–water partition coefficient (Wildman–Crippen LogP) is -0.00250. The molecule has 2 aliphatic heterocycles. The molecule has 0 spiro atoms. The number of halogens is 1. The number of amides is 1. The van der Waals surface area contributed by atoms with E-state index in [1.54, 1.807) is 0 Å². The quantitative estimate of drug-likeness (QED) is 0.695. The van der Waals surface area contributed by atoms with Crippen LogP contribution in [0.25, 0.3) is 0 Å². The molecular weight excluding hydrogens is 314 g/mol. The maximum Gasteiger partial charge on any atom is 0.226 e. The number of hydrogen-bond acceptors (Lipinski definition) is 4. The molecule has 0 radical (unpaired) electrons. The summed E-state index contributed by atoms with van der Waals surface area (Å²) in [5.74, 6) is 0.264. The fourth-order valence-electron chi connectivity index (χ4n) is 3.55. The Hall–Kier alpha value is -0.630. The molecular formula is C13H22ClN3O3S. The van der Waals surface area contributed by atoms with Crippen molar-refractivity contribution in [2.24, 2.45) is 11.1 Å². The van der Waals surface area contributed by atoms with E-state index < -0.39 is 15.3 Å². The molecule has 21 heavy (non-hydrogen) atoms. The highest BCUT2D eigenvalue weighted by atomic mass is 35.5. The Bertz CT molecular complexity index is 537. The van der Waals surface area contributed by atoms with Gasteiger partial charge in [0.15, 0.2) is 0 Å². The van der Waals surface area contributed by atoms with Crippen LogP contribution in [0.2, 0.25) is 0 Å². The first-order valence-corrected chi connectivity index (χ1v) is 8.77. The van der Waals surface area contributed by atoms with Gasteiger partial charge < -0.3 is 10.2 Å². The minimum Gasteiger partial charge on any atom is -0.342 e. The summed E-state index contributed by atoms with van der Waals surface area (Å²) in [5, 5.41) is 7.99. The SMILES string of the molecule is Cl.NS(=O)(=O)C1CCN(C(=O)C2CC3=C(CNC3)C2)CC1. The minimum atomic E-state index is -3.46. The standard InChI is InChI=1S/C13H21N3O3S.ClH/c14-20(18,19)12-1-3-16(4-2-12)13(17)9-5-10-7-15-8-11(10)6-9;/h9,12,15H,1-8H2,(H2,14,18,19);1H. The van der Waals surface area contributed by atoms with Gasteiger partial charge in [-0.3, -0.25) is 4.79 Å². The van der Waals surface area contributed by atoms with Crippen LogP contribution < -0.4 is 10.5 Å². The number of likely N-dealkylation sites (tertiary alicyclic amines) is 1. The number of rotatable bonds is 2. The molecule has 0 atom stereocenters. The lowest BCUT2D eigenvalue weighted by molar-refractivity contribution is -0.136. The van der Waals surface area contributed by atoms with Crippen molar-refractivity contribution in [3.63, 3.8) is 0 Å². The average molecular weight is 336 g/mol. The average Bonchev–Trinajstić information content (AvgIpc) is 2.97. The minimum absolute atomic E-state index is 0. The molecule has 0 saturated carbocycles. The summed E-state index contributed by atoms with van der Waals surface area (Å²) < 4.78 is 22.6. The largest absolute Gasteiger partial charge is 0.342 e. The molecule has 0 aromatic rings. The summed E-state index contributed by atoms with van der Waals surface area (Å²) >= 11 is 0. The van der Waals surface area contributed by atoms with E-state index in [1.807, 2.05) is 4.90 Å². The summed E-state index contributed by atoms with van der Waals surface area (Å²) in [5.41, 5.74) is 2.81. The van der Waals surface area contributed by atoms with Gasteiger partial charge in [-0.2, -0.15) is 0 Å². The normalized spacial score (nSPS) is 24.1. The number of nitrogens with two attached hydrogens (primary N) is 1. The lowest BCUT2D eigenvalue weighted by atomic mass is 10.0. The van der Waals surface area contributed by atoms with Gasteiger partial charge in [0.25, 0.3) is 0 Å². The summed E-state index contributed by atoms with van der Waals surface area (Å²) in [7, 11) is -3.46. The Labute approximate surface area is 131 Å². The second kappa shape index (κ2) is 6.24. The van der Waals surface area contributed by atoms with E-state index in [2.05, 4.69) is 5.32 Å². The second-order valence-corrected chi connectivity index (χ2v) is 7.87. The van der Waals surface area contributed by atoms with Gasteiger partial charge in [-0.1, -0.05) is 11.1 Å². The van der Waals surface area contributed by atoms with Gasteiger partial charge in [-0.25, -0.2) is 13.6 Å². The molecule has 3 rings (SSSR count). The third-order valence-corrected chi connectivity index (χ3v) is 6.13. The number of nitrogens with zero attached hydrogens (tertiary/aromatic N) is 1. The first-order chi connectivity index (χ1) is 9.45. The molecule has 0 unspecified atom stereocenters. The van der Waals surface area contributed by atoms with Gasteiger partial charge in [-0.05, 0) is 25.7 Å². The van der Waals surface area contributed by atoms with Crippen molar-refractivity contribution in [1.82, 2.24) is 10.2 Å². The smallest absolute Gasteiger partial charge is 0.226 e. The highest BCUT2D eigenvalue weighted by Gasteiger charge is 2.36. The lowest BCUT2D eigenvalue weighted by Gasteiger charge is -2.32. The van der Waals surface area contributed by atoms with Gasteiger partial charge in [0.05, 0.1) is 5.25 Å². The van der Waals surface area contributed by atoms with Crippen LogP contribution in [-0.2, 0) is 14.8 Å². The van der Waals surface area contributed by atoms with E-state index in [9.17, 15) is 13.2 Å². The van der Waals surface area contributed by atoms with Crippen LogP contribution in [0.5, 0.6) is 0 Å². The monoisotopic (exact) mass is 335 g/mol. The fourth-order valence-corrected chi connectivity index (χ4v) is 4.42. The van der Waals surface area contributed by atoms with Crippen LogP contribution >= 0.6 is 12.4 Å². The molecule has 1 fully saturated rings. The van der Waals surface area contributed by atoms with Crippen molar-refractivity contribution in [3.8, 4) is 0 Å². The van der Waals surface area contributed by atoms with Gasteiger partial charge in [-0.15, -0.1) is 12.4 Å². The van der Waals surface area contributed by atoms with Crippen LogP contribution in [0.15, 0.2) is 11.1 Å². The Morgan fingerprint density at radius 2 is 1.67 bits per heavy atom. The van der Waals surface area contributed by atoms with E-state index >= 15 is 0 Å². The van der Waals surface area contributed by atoms with E-state index in [0.29, 0.717) is 25.9 Å².